The van der Waals surface area contributed by atoms with Gasteiger partial charge in [-0.2, -0.15) is 8.78 Å². The van der Waals surface area contributed by atoms with E-state index in [1.54, 1.807) is 0 Å². The molecular weight excluding hydrogens is 598 g/mol. The Morgan fingerprint density at radius 1 is 0.756 bits per heavy atom. The van der Waals surface area contributed by atoms with Crippen LogP contribution in [0.3, 0.4) is 0 Å². The normalized spacial score (nSPS) is 32.1. The van der Waals surface area contributed by atoms with Crippen LogP contribution in [0.15, 0.2) is 30.3 Å². The molecule has 2 saturated carbocycles. The number of unbranched alkanes of at least 4 members (excludes halogenated alkanes) is 2. The van der Waals surface area contributed by atoms with Crippen LogP contribution in [0.1, 0.15) is 84.0 Å². The first-order chi connectivity index (χ1) is 21.5. The lowest BCUT2D eigenvalue weighted by atomic mass is 9.68. The third-order valence-electron chi connectivity index (χ3n) is 10.7. The van der Waals surface area contributed by atoms with Crippen LogP contribution in [0, 0.1) is 52.4 Å². The van der Waals surface area contributed by atoms with Crippen LogP contribution in [0.25, 0.3) is 11.1 Å². The SMILES string of the molecule is CCCCCC12COC(C3CCC(C4CCC(C(F)(F)Oc5ccc(-c6cc(F)c(F)c(F)c6)c(F)c5)CC4)CC3)(OC1)OC2. The van der Waals surface area contributed by atoms with E-state index in [9.17, 15) is 17.6 Å². The number of halogens is 6. The van der Waals surface area contributed by atoms with Gasteiger partial charge in [-0.15, -0.1) is 0 Å². The molecule has 3 heterocycles. The standard InChI is InChI=1S/C35H42F6O4/c1-2-3-4-15-33-19-42-35(43-20-33,44-21-33)26-11-7-23(8-12-26)22-5-9-25(10-6-22)34(40,41)45-27-13-14-28(29(36)18-27)24-16-30(37)32(39)31(38)17-24/h13-14,16-18,22-23,25-26H,2-12,15,19-21H2,1H3. The molecule has 248 valence electrons. The Morgan fingerprint density at radius 3 is 1.89 bits per heavy atom. The third kappa shape index (κ3) is 6.75. The zero-order valence-electron chi connectivity index (χ0n) is 25.7. The molecule has 0 spiro atoms. The van der Waals surface area contributed by atoms with Crippen molar-refractivity contribution in [2.24, 2.45) is 29.1 Å². The van der Waals surface area contributed by atoms with Gasteiger partial charge in [0.2, 0.25) is 0 Å². The molecule has 4 nitrogen and oxygen atoms in total. The zero-order valence-corrected chi connectivity index (χ0v) is 25.7. The molecule has 5 fully saturated rings. The van der Waals surface area contributed by atoms with Gasteiger partial charge < -0.3 is 18.9 Å². The lowest BCUT2D eigenvalue weighted by molar-refractivity contribution is -0.488. The van der Waals surface area contributed by atoms with Crippen molar-refractivity contribution in [1.82, 2.24) is 0 Å². The van der Waals surface area contributed by atoms with Crippen molar-refractivity contribution in [3.05, 3.63) is 53.6 Å². The average molecular weight is 641 g/mol. The number of alkyl halides is 2. The van der Waals surface area contributed by atoms with Crippen molar-refractivity contribution in [3.63, 3.8) is 0 Å². The van der Waals surface area contributed by atoms with E-state index in [1.807, 2.05) is 0 Å². The van der Waals surface area contributed by atoms with Gasteiger partial charge in [-0.05, 0) is 99.5 Å². The molecule has 3 aliphatic heterocycles. The summed E-state index contributed by atoms with van der Waals surface area (Å²) < 4.78 is 109. The van der Waals surface area contributed by atoms with E-state index in [4.69, 9.17) is 18.9 Å². The summed E-state index contributed by atoms with van der Waals surface area (Å²) in [6.07, 6.45) is 6.83. The molecule has 0 radical (unpaired) electrons. The minimum Gasteiger partial charge on any atom is -0.432 e. The number of benzene rings is 2. The fraction of sp³-hybridized carbons (Fsp3) is 0.657. The summed E-state index contributed by atoms with van der Waals surface area (Å²) in [4.78, 5) is 0. The molecule has 0 unspecified atom stereocenters. The van der Waals surface area contributed by atoms with Crippen molar-refractivity contribution in [2.75, 3.05) is 19.8 Å². The Kier molecular flexibility index (Phi) is 9.48. The molecule has 2 aliphatic carbocycles. The summed E-state index contributed by atoms with van der Waals surface area (Å²) in [5, 5.41) is 0. The van der Waals surface area contributed by atoms with E-state index in [0.717, 1.165) is 56.7 Å². The quantitative estimate of drug-likeness (QED) is 0.147. The van der Waals surface area contributed by atoms with E-state index in [2.05, 4.69) is 6.92 Å². The van der Waals surface area contributed by atoms with Gasteiger partial charge in [-0.3, -0.25) is 0 Å². The summed E-state index contributed by atoms with van der Waals surface area (Å²) in [7, 11) is 0. The van der Waals surface area contributed by atoms with Crippen molar-refractivity contribution < 1.29 is 45.3 Å². The number of hydrogen-bond donors (Lipinski definition) is 0. The van der Waals surface area contributed by atoms with Crippen LogP contribution in [0.5, 0.6) is 5.75 Å². The van der Waals surface area contributed by atoms with Crippen molar-refractivity contribution in [3.8, 4) is 16.9 Å². The molecule has 0 aromatic heterocycles. The van der Waals surface area contributed by atoms with Crippen LogP contribution in [0.4, 0.5) is 26.3 Å². The highest BCUT2D eigenvalue weighted by Gasteiger charge is 2.56. The van der Waals surface area contributed by atoms with E-state index >= 15 is 8.78 Å². The molecule has 0 atom stereocenters. The second-order valence-corrected chi connectivity index (χ2v) is 13.7. The van der Waals surface area contributed by atoms with Gasteiger partial charge in [0.1, 0.15) is 11.6 Å². The number of fused-ring (bicyclic) bond motifs is 3. The third-order valence-corrected chi connectivity index (χ3v) is 10.7. The molecule has 10 heteroatoms. The van der Waals surface area contributed by atoms with Crippen LogP contribution in [0.2, 0.25) is 0 Å². The number of ether oxygens (including phenoxy) is 4. The van der Waals surface area contributed by atoms with Crippen LogP contribution >= 0.6 is 0 Å². The summed E-state index contributed by atoms with van der Waals surface area (Å²) in [6.45, 7) is 4.24. The fourth-order valence-electron chi connectivity index (χ4n) is 7.95. The maximum absolute atomic E-state index is 15.2. The van der Waals surface area contributed by atoms with Gasteiger partial charge in [-0.25, -0.2) is 17.6 Å². The molecule has 0 N–H and O–H groups in total. The van der Waals surface area contributed by atoms with Crippen LogP contribution in [-0.2, 0) is 14.2 Å². The summed E-state index contributed by atoms with van der Waals surface area (Å²) >= 11 is 0. The largest absolute Gasteiger partial charge is 0.432 e. The zero-order chi connectivity index (χ0) is 31.8. The maximum Gasteiger partial charge on any atom is 0.400 e. The van der Waals surface area contributed by atoms with Crippen LogP contribution in [-0.4, -0.2) is 31.9 Å². The van der Waals surface area contributed by atoms with E-state index in [1.165, 1.54) is 12.8 Å². The van der Waals surface area contributed by atoms with Crippen LogP contribution < -0.4 is 4.74 Å². The maximum atomic E-state index is 15.2. The summed E-state index contributed by atoms with van der Waals surface area (Å²) in [5.74, 6) is -6.98. The highest BCUT2D eigenvalue weighted by atomic mass is 19.3. The van der Waals surface area contributed by atoms with Gasteiger partial charge in [0.05, 0.1) is 25.7 Å². The topological polar surface area (TPSA) is 36.9 Å². The van der Waals surface area contributed by atoms with Gasteiger partial charge in [-0.1, -0.05) is 26.2 Å². The Hall–Kier alpha value is -2.30. The first-order valence-corrected chi connectivity index (χ1v) is 16.5. The van der Waals surface area contributed by atoms with Crippen molar-refractivity contribution >= 4 is 0 Å². The van der Waals surface area contributed by atoms with Crippen molar-refractivity contribution in [2.45, 2.75) is 96.1 Å². The molecule has 0 amide bonds. The monoisotopic (exact) mass is 640 g/mol. The first-order valence-electron chi connectivity index (χ1n) is 16.5. The summed E-state index contributed by atoms with van der Waals surface area (Å²) in [6, 6.07) is 4.27. The van der Waals surface area contributed by atoms with Gasteiger partial charge in [0, 0.05) is 23.0 Å². The molecule has 2 aromatic rings. The number of rotatable bonds is 10. The Morgan fingerprint density at radius 2 is 1.33 bits per heavy atom. The van der Waals surface area contributed by atoms with E-state index in [0.29, 0.717) is 69.5 Å². The molecular formula is C35H42F6O4. The molecule has 7 rings (SSSR count). The predicted octanol–water partition coefficient (Wildman–Crippen LogP) is 9.79. The Labute approximate surface area is 260 Å². The highest BCUT2D eigenvalue weighted by Crippen LogP contribution is 2.51. The predicted molar refractivity (Wildman–Crippen MR) is 155 cm³/mol. The number of hydrogen-bond acceptors (Lipinski definition) is 4. The lowest BCUT2D eigenvalue weighted by Crippen LogP contribution is -2.63. The van der Waals surface area contributed by atoms with Gasteiger partial charge in [0.15, 0.2) is 17.5 Å². The smallest absolute Gasteiger partial charge is 0.400 e. The van der Waals surface area contributed by atoms with E-state index in [-0.39, 0.29) is 28.2 Å². The van der Waals surface area contributed by atoms with Gasteiger partial charge in [0.25, 0.3) is 5.97 Å². The minimum atomic E-state index is -3.51. The highest BCUT2D eigenvalue weighted by molar-refractivity contribution is 5.65. The second kappa shape index (κ2) is 13.1. The van der Waals surface area contributed by atoms with Gasteiger partial charge >= 0.3 is 6.11 Å². The average Bonchev–Trinajstić information content (AvgIpc) is 3.04. The lowest BCUT2D eigenvalue weighted by Gasteiger charge is -2.55. The van der Waals surface area contributed by atoms with Crippen molar-refractivity contribution in [1.29, 1.82) is 0 Å². The molecule has 3 saturated heterocycles. The molecule has 45 heavy (non-hydrogen) atoms. The fourth-order valence-corrected chi connectivity index (χ4v) is 7.95. The molecule has 2 aromatic carbocycles. The van der Waals surface area contributed by atoms with E-state index < -0.39 is 41.3 Å². The molecule has 5 aliphatic rings. The first kappa shape index (κ1) is 32.6. The second-order valence-electron chi connectivity index (χ2n) is 13.7. The minimum absolute atomic E-state index is 0.0262. The Balaban J connectivity index is 0.980. The molecule has 2 bridgehead atoms. The Bertz CT molecular complexity index is 1290. The summed E-state index contributed by atoms with van der Waals surface area (Å²) in [5.41, 5.74) is -0.536.